The topological polar surface area (TPSA) is 41.1 Å². The number of carbonyl (C=O) groups is 1. The first-order valence-electron chi connectivity index (χ1n) is 6.21. The van der Waals surface area contributed by atoms with E-state index in [-0.39, 0.29) is 11.4 Å². The number of alkyl halides is 3. The van der Waals surface area contributed by atoms with Crippen molar-refractivity contribution >= 4 is 40.7 Å². The van der Waals surface area contributed by atoms with Crippen LogP contribution in [-0.2, 0) is 0 Å². The van der Waals surface area contributed by atoms with Gasteiger partial charge in [-0.05, 0) is 39.3 Å². The Balaban J connectivity index is 2.91. The maximum Gasteiger partial charge on any atom is 0.252 e. The van der Waals surface area contributed by atoms with Gasteiger partial charge in [-0.3, -0.25) is 10.1 Å². The van der Waals surface area contributed by atoms with Crippen LogP contribution in [0.25, 0.3) is 0 Å². The van der Waals surface area contributed by atoms with Crippen molar-refractivity contribution < 1.29 is 4.79 Å². The van der Waals surface area contributed by atoms with Crippen LogP contribution in [0.4, 0.5) is 0 Å². The predicted molar refractivity (Wildman–Crippen MR) is 85.6 cm³/mol. The van der Waals surface area contributed by atoms with Crippen molar-refractivity contribution in [1.82, 2.24) is 10.6 Å². The van der Waals surface area contributed by atoms with Crippen LogP contribution < -0.4 is 10.6 Å². The maximum absolute atomic E-state index is 12.3. The quantitative estimate of drug-likeness (QED) is 0.650. The monoisotopic (exact) mass is 336 g/mol. The Morgan fingerprint density at radius 3 is 2.15 bits per heavy atom. The van der Waals surface area contributed by atoms with E-state index in [4.69, 9.17) is 34.8 Å². The van der Waals surface area contributed by atoms with E-state index in [2.05, 4.69) is 10.6 Å². The minimum absolute atomic E-state index is 0.281. The number of halogens is 3. The van der Waals surface area contributed by atoms with Crippen LogP contribution in [0, 0.1) is 6.92 Å². The number of rotatable bonds is 3. The number of aryl methyl sites for hydroxylation is 1. The molecule has 3 nitrogen and oxygen atoms in total. The van der Waals surface area contributed by atoms with E-state index in [1.54, 1.807) is 12.1 Å². The molecular formula is C14H19Cl3N2O. The summed E-state index contributed by atoms with van der Waals surface area (Å²) in [6.45, 7) is 7.64. The zero-order valence-corrected chi connectivity index (χ0v) is 14.2. The zero-order chi connectivity index (χ0) is 15.6. The summed E-state index contributed by atoms with van der Waals surface area (Å²) in [5.74, 6) is -0.281. The minimum atomic E-state index is -1.65. The lowest BCUT2D eigenvalue weighted by molar-refractivity contribution is 0.0922. The normalized spacial score (nSPS) is 13.9. The molecule has 20 heavy (non-hydrogen) atoms. The molecule has 0 spiro atoms. The fourth-order valence-electron chi connectivity index (χ4n) is 1.67. The molecule has 0 aliphatic rings. The first kappa shape index (κ1) is 17.6. The van der Waals surface area contributed by atoms with Gasteiger partial charge in [0.2, 0.25) is 3.79 Å². The van der Waals surface area contributed by atoms with Crippen molar-refractivity contribution in [1.29, 1.82) is 0 Å². The van der Waals surface area contributed by atoms with Crippen LogP contribution in [0.15, 0.2) is 24.3 Å². The van der Waals surface area contributed by atoms with Crippen molar-refractivity contribution in [2.75, 3.05) is 0 Å². The summed E-state index contributed by atoms with van der Waals surface area (Å²) in [7, 11) is 0. The molecular weight excluding hydrogens is 319 g/mol. The highest BCUT2D eigenvalue weighted by molar-refractivity contribution is 6.68. The number of carbonyl (C=O) groups excluding carboxylic acids is 1. The van der Waals surface area contributed by atoms with Gasteiger partial charge in [-0.25, -0.2) is 0 Å². The maximum atomic E-state index is 12.3. The van der Waals surface area contributed by atoms with Gasteiger partial charge < -0.3 is 5.32 Å². The first-order valence-corrected chi connectivity index (χ1v) is 7.35. The molecule has 0 aliphatic heterocycles. The van der Waals surface area contributed by atoms with Crippen LogP contribution >= 0.6 is 34.8 Å². The largest absolute Gasteiger partial charge is 0.333 e. The van der Waals surface area contributed by atoms with E-state index >= 15 is 0 Å². The zero-order valence-electron chi connectivity index (χ0n) is 11.9. The lowest BCUT2D eigenvalue weighted by atomic mass is 10.1. The second-order valence-electron chi connectivity index (χ2n) is 5.66. The van der Waals surface area contributed by atoms with Crippen molar-refractivity contribution in [3.8, 4) is 0 Å². The fourth-order valence-corrected chi connectivity index (χ4v) is 2.00. The third-order valence-electron chi connectivity index (χ3n) is 2.57. The molecule has 0 saturated heterocycles. The number of amides is 1. The Hall–Kier alpha value is -0.480. The smallest absolute Gasteiger partial charge is 0.252 e. The molecule has 0 fully saturated rings. The molecule has 1 aromatic carbocycles. The van der Waals surface area contributed by atoms with Gasteiger partial charge in [-0.15, -0.1) is 0 Å². The van der Waals surface area contributed by atoms with Crippen LogP contribution in [0.3, 0.4) is 0 Å². The Kier molecular flexibility index (Phi) is 5.73. The van der Waals surface area contributed by atoms with Crippen LogP contribution in [0.5, 0.6) is 0 Å². The van der Waals surface area contributed by atoms with E-state index in [0.29, 0.717) is 5.56 Å². The molecule has 0 aromatic heterocycles. The summed E-state index contributed by atoms with van der Waals surface area (Å²) in [6.07, 6.45) is -0.792. The van der Waals surface area contributed by atoms with E-state index in [1.807, 2.05) is 39.8 Å². The molecule has 0 radical (unpaired) electrons. The van der Waals surface area contributed by atoms with Gasteiger partial charge in [0.05, 0.1) is 0 Å². The van der Waals surface area contributed by atoms with Gasteiger partial charge in [-0.1, -0.05) is 53.0 Å². The highest BCUT2D eigenvalue weighted by atomic mass is 35.6. The summed E-state index contributed by atoms with van der Waals surface area (Å²) < 4.78 is -1.65. The summed E-state index contributed by atoms with van der Waals surface area (Å²) in [5.41, 5.74) is 1.11. The summed E-state index contributed by atoms with van der Waals surface area (Å²) >= 11 is 17.8. The van der Waals surface area contributed by atoms with Gasteiger partial charge >= 0.3 is 0 Å². The second-order valence-corrected chi connectivity index (χ2v) is 8.03. The number of hydrogen-bond donors (Lipinski definition) is 2. The molecule has 1 amide bonds. The van der Waals surface area contributed by atoms with E-state index < -0.39 is 9.96 Å². The summed E-state index contributed by atoms with van der Waals surface area (Å²) in [5, 5.41) is 5.81. The molecule has 1 aromatic rings. The minimum Gasteiger partial charge on any atom is -0.333 e. The molecule has 112 valence electrons. The van der Waals surface area contributed by atoms with Crippen molar-refractivity contribution in [2.45, 2.75) is 43.2 Å². The highest BCUT2D eigenvalue weighted by Crippen LogP contribution is 2.30. The predicted octanol–water partition coefficient (Wildman–Crippen LogP) is 3.81. The third-order valence-corrected chi connectivity index (χ3v) is 3.22. The van der Waals surface area contributed by atoms with Gasteiger partial charge in [0.25, 0.3) is 5.91 Å². The molecule has 1 rings (SSSR count). The van der Waals surface area contributed by atoms with E-state index in [9.17, 15) is 4.79 Å². The van der Waals surface area contributed by atoms with Crippen LogP contribution in [0.2, 0.25) is 0 Å². The van der Waals surface area contributed by atoms with Gasteiger partial charge in [-0.2, -0.15) is 0 Å². The Bertz CT molecular complexity index is 478. The SMILES string of the molecule is Cc1ccccc1C(=O)N[C@@H](NC(C)(C)C)C(Cl)(Cl)Cl. The fraction of sp³-hybridized carbons (Fsp3) is 0.500. The Labute approximate surface area is 135 Å². The number of hydrogen-bond acceptors (Lipinski definition) is 2. The number of nitrogens with one attached hydrogen (secondary N) is 2. The average molecular weight is 338 g/mol. The molecule has 1 atom stereocenters. The third kappa shape index (κ3) is 5.49. The molecule has 0 heterocycles. The van der Waals surface area contributed by atoms with Gasteiger partial charge in [0, 0.05) is 11.1 Å². The highest BCUT2D eigenvalue weighted by Gasteiger charge is 2.36. The molecule has 0 saturated carbocycles. The van der Waals surface area contributed by atoms with Gasteiger partial charge in [0.15, 0.2) is 0 Å². The summed E-state index contributed by atoms with van der Waals surface area (Å²) in [6, 6.07) is 7.25. The van der Waals surface area contributed by atoms with Gasteiger partial charge in [0.1, 0.15) is 6.17 Å². The Morgan fingerprint density at radius 1 is 1.15 bits per heavy atom. The molecule has 0 unspecified atom stereocenters. The summed E-state index contributed by atoms with van der Waals surface area (Å²) in [4.78, 5) is 12.3. The van der Waals surface area contributed by atoms with Crippen LogP contribution in [0.1, 0.15) is 36.7 Å². The second kappa shape index (κ2) is 6.52. The van der Waals surface area contributed by atoms with Crippen LogP contribution in [-0.4, -0.2) is 21.4 Å². The first-order chi connectivity index (χ1) is 9.00. The molecule has 2 N–H and O–H groups in total. The Morgan fingerprint density at radius 2 is 1.70 bits per heavy atom. The van der Waals surface area contributed by atoms with Crippen molar-refractivity contribution in [2.24, 2.45) is 0 Å². The molecule has 0 bridgehead atoms. The average Bonchev–Trinajstić information content (AvgIpc) is 2.25. The standard InChI is InChI=1S/C14H19Cl3N2O/c1-9-7-5-6-8-10(9)11(20)18-12(14(15,16)17)19-13(2,3)4/h5-8,12,19H,1-4H3,(H,18,20)/t12-/m0/s1. The lowest BCUT2D eigenvalue weighted by Gasteiger charge is -2.33. The van der Waals surface area contributed by atoms with E-state index in [1.165, 1.54) is 0 Å². The number of benzene rings is 1. The van der Waals surface area contributed by atoms with Crippen molar-refractivity contribution in [3.63, 3.8) is 0 Å². The molecule has 0 aliphatic carbocycles. The lowest BCUT2D eigenvalue weighted by Crippen LogP contribution is -2.58. The molecule has 6 heteroatoms. The van der Waals surface area contributed by atoms with E-state index in [0.717, 1.165) is 5.56 Å². The van der Waals surface area contributed by atoms with Crippen molar-refractivity contribution in [3.05, 3.63) is 35.4 Å².